The van der Waals surface area contributed by atoms with Gasteiger partial charge >= 0.3 is 0 Å². The van der Waals surface area contributed by atoms with Crippen molar-refractivity contribution in [3.8, 4) is 0 Å². The molecule has 5 rings (SSSR count). The van der Waals surface area contributed by atoms with Crippen LogP contribution in [0, 0.1) is 5.41 Å². The van der Waals surface area contributed by atoms with Crippen LogP contribution in [0.4, 0.5) is 0 Å². The summed E-state index contributed by atoms with van der Waals surface area (Å²) in [7, 11) is 0. The summed E-state index contributed by atoms with van der Waals surface area (Å²) in [5, 5.41) is 11.8. The Hall–Kier alpha value is -3.72. The van der Waals surface area contributed by atoms with Crippen molar-refractivity contribution in [2.45, 2.75) is 25.5 Å². The molecule has 31 heavy (non-hydrogen) atoms. The van der Waals surface area contributed by atoms with E-state index in [9.17, 15) is 9.59 Å². The summed E-state index contributed by atoms with van der Waals surface area (Å²) in [6.45, 7) is 1.23. The highest BCUT2D eigenvalue weighted by molar-refractivity contribution is 5.96. The van der Waals surface area contributed by atoms with E-state index in [1.165, 1.54) is 21.3 Å². The lowest BCUT2D eigenvalue weighted by Gasteiger charge is -2.15. The lowest BCUT2D eigenvalue weighted by atomic mass is 10.1. The molecule has 9 nitrogen and oxygen atoms in total. The zero-order valence-electron chi connectivity index (χ0n) is 16.7. The number of fused-ring (bicyclic) bond motifs is 2. The predicted molar refractivity (Wildman–Crippen MR) is 112 cm³/mol. The van der Waals surface area contributed by atoms with Gasteiger partial charge in [-0.3, -0.25) is 19.4 Å². The van der Waals surface area contributed by atoms with Crippen molar-refractivity contribution in [1.29, 1.82) is 5.41 Å². The molecule has 0 aromatic carbocycles. The lowest BCUT2D eigenvalue weighted by molar-refractivity contribution is 0.0856. The van der Waals surface area contributed by atoms with Gasteiger partial charge in [0, 0.05) is 19.3 Å². The van der Waals surface area contributed by atoms with Crippen LogP contribution in [0.2, 0.25) is 0 Å². The van der Waals surface area contributed by atoms with Crippen LogP contribution >= 0.6 is 0 Å². The quantitative estimate of drug-likeness (QED) is 0.478. The van der Waals surface area contributed by atoms with Gasteiger partial charge in [-0.05, 0) is 43.2 Å². The number of nitrogens with zero attached hydrogens (tertiary/aromatic N) is 3. The molecule has 0 spiro atoms. The standard InChI is InChI=1S/C22H21N5O4/c23-19-16(21(28)24-12-14-5-3-9-30-14)11-17-20(27(19)13-15-6-4-10-31-15)25-18-7-1-2-8-26(18)22(17)29/h1-2,4,6-8,10-11,14,23H,3,5,9,12-13H2,(H,24,28)/t14-/m1/s1. The molecule has 5 heterocycles. The number of nitrogens with one attached hydrogen (secondary N) is 2. The summed E-state index contributed by atoms with van der Waals surface area (Å²) in [4.78, 5) is 30.7. The smallest absolute Gasteiger partial charge is 0.267 e. The molecule has 1 saturated heterocycles. The number of hydrogen-bond donors (Lipinski definition) is 2. The molecule has 0 unspecified atom stereocenters. The Kier molecular flexibility index (Phi) is 4.87. The van der Waals surface area contributed by atoms with E-state index >= 15 is 0 Å². The predicted octanol–water partition coefficient (Wildman–Crippen LogP) is 1.68. The molecule has 0 saturated carbocycles. The fraction of sp³-hybridized carbons (Fsp3) is 0.273. The van der Waals surface area contributed by atoms with Crippen molar-refractivity contribution in [3.63, 3.8) is 0 Å². The molecular formula is C22H21N5O4. The van der Waals surface area contributed by atoms with E-state index in [-0.39, 0.29) is 34.6 Å². The van der Waals surface area contributed by atoms with Crippen molar-refractivity contribution < 1.29 is 13.9 Å². The Bertz CT molecular complexity index is 1380. The maximum atomic E-state index is 13.2. The Morgan fingerprint density at radius 2 is 2.19 bits per heavy atom. The summed E-state index contributed by atoms with van der Waals surface area (Å²) < 4.78 is 14.0. The maximum absolute atomic E-state index is 13.2. The highest BCUT2D eigenvalue weighted by Crippen LogP contribution is 2.14. The normalized spacial score (nSPS) is 16.2. The summed E-state index contributed by atoms with van der Waals surface area (Å²) in [5.74, 6) is 0.167. The molecule has 4 aromatic heterocycles. The largest absolute Gasteiger partial charge is 0.467 e. The molecule has 1 amide bonds. The second-order valence-electron chi connectivity index (χ2n) is 7.50. The molecule has 9 heteroatoms. The van der Waals surface area contributed by atoms with Crippen molar-refractivity contribution in [2.75, 3.05) is 13.2 Å². The molecule has 1 atom stereocenters. The minimum atomic E-state index is -0.423. The van der Waals surface area contributed by atoms with E-state index in [2.05, 4.69) is 10.3 Å². The van der Waals surface area contributed by atoms with Crippen LogP contribution < -0.4 is 16.4 Å². The van der Waals surface area contributed by atoms with E-state index in [0.717, 1.165) is 12.8 Å². The summed E-state index contributed by atoms with van der Waals surface area (Å²) in [6.07, 6.45) is 5.01. The highest BCUT2D eigenvalue weighted by Gasteiger charge is 2.20. The Balaban J connectivity index is 1.66. The first kappa shape index (κ1) is 19.3. The fourth-order valence-corrected chi connectivity index (χ4v) is 3.88. The van der Waals surface area contributed by atoms with E-state index in [1.54, 1.807) is 36.5 Å². The minimum Gasteiger partial charge on any atom is -0.467 e. The molecule has 0 radical (unpaired) electrons. The summed E-state index contributed by atoms with van der Waals surface area (Å²) in [6, 6.07) is 10.2. The Morgan fingerprint density at radius 1 is 1.29 bits per heavy atom. The number of pyridine rings is 2. The second-order valence-corrected chi connectivity index (χ2v) is 7.50. The minimum absolute atomic E-state index is 0.0231. The first-order valence-corrected chi connectivity index (χ1v) is 10.1. The highest BCUT2D eigenvalue weighted by atomic mass is 16.5. The molecular weight excluding hydrogens is 398 g/mol. The number of carbonyl (C=O) groups is 1. The lowest BCUT2D eigenvalue weighted by Crippen LogP contribution is -2.38. The first-order chi connectivity index (χ1) is 15.1. The molecule has 1 aliphatic heterocycles. The van der Waals surface area contributed by atoms with Crippen LogP contribution in [0.3, 0.4) is 0 Å². The first-order valence-electron chi connectivity index (χ1n) is 10.1. The fourth-order valence-electron chi connectivity index (χ4n) is 3.88. The van der Waals surface area contributed by atoms with E-state index in [1.807, 2.05) is 0 Å². The molecule has 4 aromatic rings. The van der Waals surface area contributed by atoms with Crippen LogP contribution in [0.25, 0.3) is 16.7 Å². The van der Waals surface area contributed by atoms with Gasteiger partial charge in [-0.2, -0.15) is 0 Å². The van der Waals surface area contributed by atoms with Gasteiger partial charge in [0.2, 0.25) is 0 Å². The van der Waals surface area contributed by atoms with Crippen LogP contribution in [-0.2, 0) is 11.3 Å². The number of furan rings is 1. The number of carbonyl (C=O) groups excluding carboxylic acids is 1. The number of hydrogen-bond acceptors (Lipinski definition) is 6. The molecule has 0 aliphatic carbocycles. The number of rotatable bonds is 5. The van der Waals surface area contributed by atoms with Gasteiger partial charge in [0.1, 0.15) is 22.5 Å². The Labute approximate surface area is 176 Å². The van der Waals surface area contributed by atoms with Crippen LogP contribution in [-0.4, -0.2) is 39.1 Å². The third-order valence-electron chi connectivity index (χ3n) is 5.47. The van der Waals surface area contributed by atoms with E-state index in [4.69, 9.17) is 14.6 Å². The average Bonchev–Trinajstić information content (AvgIpc) is 3.48. The van der Waals surface area contributed by atoms with Crippen LogP contribution in [0.15, 0.2) is 58.1 Å². The van der Waals surface area contributed by atoms with Gasteiger partial charge in [-0.15, -0.1) is 0 Å². The number of ether oxygens (including phenoxy) is 1. The molecule has 158 valence electrons. The third-order valence-corrected chi connectivity index (χ3v) is 5.47. The maximum Gasteiger partial charge on any atom is 0.267 e. The van der Waals surface area contributed by atoms with Crippen molar-refractivity contribution in [1.82, 2.24) is 19.3 Å². The summed E-state index contributed by atoms with van der Waals surface area (Å²) >= 11 is 0. The second kappa shape index (κ2) is 7.84. The van der Waals surface area contributed by atoms with Crippen molar-refractivity contribution in [3.05, 3.63) is 76.0 Å². The van der Waals surface area contributed by atoms with E-state index in [0.29, 0.717) is 30.2 Å². The van der Waals surface area contributed by atoms with Gasteiger partial charge < -0.3 is 19.0 Å². The monoisotopic (exact) mass is 419 g/mol. The average molecular weight is 419 g/mol. The molecule has 1 aliphatic rings. The molecule has 1 fully saturated rings. The van der Waals surface area contributed by atoms with Gasteiger partial charge in [-0.1, -0.05) is 6.07 Å². The zero-order valence-corrected chi connectivity index (χ0v) is 16.7. The van der Waals surface area contributed by atoms with Crippen molar-refractivity contribution in [2.24, 2.45) is 0 Å². The van der Waals surface area contributed by atoms with Crippen LogP contribution in [0.1, 0.15) is 29.0 Å². The zero-order chi connectivity index (χ0) is 21.4. The van der Waals surface area contributed by atoms with Crippen LogP contribution in [0.5, 0.6) is 0 Å². The Morgan fingerprint density at radius 3 is 2.97 bits per heavy atom. The number of amides is 1. The topological polar surface area (TPSA) is 115 Å². The molecule has 2 N–H and O–H groups in total. The van der Waals surface area contributed by atoms with Gasteiger partial charge in [0.25, 0.3) is 11.5 Å². The SMILES string of the molecule is N=c1c(C(=O)NC[C@H]2CCCO2)cc2c(=O)n3ccccc3nc2n1Cc1ccco1. The number of aromatic nitrogens is 3. The molecule has 0 bridgehead atoms. The third kappa shape index (κ3) is 3.53. The summed E-state index contributed by atoms with van der Waals surface area (Å²) in [5.41, 5.74) is 0.547. The van der Waals surface area contributed by atoms with Crippen molar-refractivity contribution >= 4 is 22.6 Å². The van der Waals surface area contributed by atoms with Gasteiger partial charge in [0.15, 0.2) is 0 Å². The van der Waals surface area contributed by atoms with E-state index < -0.39 is 5.91 Å². The van der Waals surface area contributed by atoms with Gasteiger partial charge in [-0.25, -0.2) is 4.98 Å². The van der Waals surface area contributed by atoms with Gasteiger partial charge in [0.05, 0.1) is 29.9 Å².